The Morgan fingerprint density at radius 3 is 2.33 bits per heavy atom. The van der Waals surface area contributed by atoms with Crippen molar-refractivity contribution in [1.82, 2.24) is 9.21 Å². The van der Waals surface area contributed by atoms with E-state index in [2.05, 4.69) is 24.0 Å². The van der Waals surface area contributed by atoms with E-state index in [1.54, 1.807) is 0 Å². The standard InChI is InChI=1S/C12H19N3O2S/c1-11-4-2-3-5-12(11)10-14-6-8-15(9-7-14)18(13,16)17/h2-5H,6-10H2,1H3,(H2,13,16,17). The van der Waals surface area contributed by atoms with E-state index in [9.17, 15) is 8.42 Å². The molecule has 2 N–H and O–H groups in total. The smallest absolute Gasteiger partial charge is 0.276 e. The normalized spacial score (nSPS) is 19.0. The van der Waals surface area contributed by atoms with E-state index in [0.717, 1.165) is 19.6 Å². The molecule has 1 saturated heterocycles. The third-order valence-electron chi connectivity index (χ3n) is 3.35. The minimum Gasteiger partial charge on any atom is -0.296 e. The molecule has 100 valence electrons. The third-order valence-corrected chi connectivity index (χ3v) is 4.43. The van der Waals surface area contributed by atoms with Crippen molar-refractivity contribution in [2.75, 3.05) is 26.2 Å². The van der Waals surface area contributed by atoms with Crippen LogP contribution >= 0.6 is 0 Å². The summed E-state index contributed by atoms with van der Waals surface area (Å²) in [6, 6.07) is 8.26. The van der Waals surface area contributed by atoms with Gasteiger partial charge in [-0.3, -0.25) is 4.90 Å². The van der Waals surface area contributed by atoms with Gasteiger partial charge < -0.3 is 0 Å². The van der Waals surface area contributed by atoms with Gasteiger partial charge in [0.1, 0.15) is 0 Å². The lowest BCUT2D eigenvalue weighted by molar-refractivity contribution is 0.181. The summed E-state index contributed by atoms with van der Waals surface area (Å²) < 4.78 is 23.7. The average molecular weight is 269 g/mol. The maximum atomic E-state index is 11.2. The molecule has 1 heterocycles. The number of piperazine rings is 1. The van der Waals surface area contributed by atoms with Crippen LogP contribution in [0.3, 0.4) is 0 Å². The Morgan fingerprint density at radius 2 is 1.78 bits per heavy atom. The van der Waals surface area contributed by atoms with Crippen LogP contribution in [-0.4, -0.2) is 43.8 Å². The first-order valence-electron chi connectivity index (χ1n) is 6.01. The zero-order valence-corrected chi connectivity index (χ0v) is 11.4. The summed E-state index contributed by atoms with van der Waals surface area (Å²) in [5.74, 6) is 0. The fourth-order valence-electron chi connectivity index (χ4n) is 2.17. The van der Waals surface area contributed by atoms with Crippen LogP contribution in [-0.2, 0) is 16.8 Å². The van der Waals surface area contributed by atoms with Crippen molar-refractivity contribution in [1.29, 1.82) is 0 Å². The van der Waals surface area contributed by atoms with Gasteiger partial charge in [0.05, 0.1) is 0 Å². The molecule has 5 nitrogen and oxygen atoms in total. The summed E-state index contributed by atoms with van der Waals surface area (Å²) in [7, 11) is -3.52. The number of nitrogens with zero attached hydrogens (tertiary/aromatic N) is 2. The molecule has 1 aliphatic rings. The van der Waals surface area contributed by atoms with Crippen LogP contribution in [0.2, 0.25) is 0 Å². The molecule has 0 unspecified atom stereocenters. The number of rotatable bonds is 3. The molecule has 0 aromatic heterocycles. The topological polar surface area (TPSA) is 66.6 Å². The molecule has 1 aliphatic heterocycles. The first kappa shape index (κ1) is 13.5. The van der Waals surface area contributed by atoms with Crippen molar-refractivity contribution < 1.29 is 8.42 Å². The number of nitrogens with two attached hydrogens (primary N) is 1. The van der Waals surface area contributed by atoms with Crippen LogP contribution in [0.5, 0.6) is 0 Å². The molecule has 2 rings (SSSR count). The molecule has 0 bridgehead atoms. The summed E-state index contributed by atoms with van der Waals surface area (Å²) in [6.07, 6.45) is 0. The Bertz CT molecular complexity index is 508. The number of benzene rings is 1. The Kier molecular flexibility index (Phi) is 4.01. The molecule has 0 amide bonds. The van der Waals surface area contributed by atoms with E-state index in [-0.39, 0.29) is 0 Å². The van der Waals surface area contributed by atoms with Gasteiger partial charge in [0, 0.05) is 32.7 Å². The van der Waals surface area contributed by atoms with Crippen LogP contribution < -0.4 is 5.14 Å². The highest BCUT2D eigenvalue weighted by Crippen LogP contribution is 2.12. The van der Waals surface area contributed by atoms with E-state index in [1.807, 2.05) is 12.1 Å². The molecule has 1 aromatic rings. The van der Waals surface area contributed by atoms with Crippen LogP contribution in [0.1, 0.15) is 11.1 Å². The Morgan fingerprint density at radius 1 is 1.17 bits per heavy atom. The predicted octanol–water partition coefficient (Wildman–Crippen LogP) is 0.316. The number of hydrogen-bond donors (Lipinski definition) is 1. The minimum atomic E-state index is -3.52. The van der Waals surface area contributed by atoms with Gasteiger partial charge in [-0.15, -0.1) is 0 Å². The van der Waals surface area contributed by atoms with Gasteiger partial charge in [-0.05, 0) is 18.1 Å². The number of hydrogen-bond acceptors (Lipinski definition) is 3. The molecule has 18 heavy (non-hydrogen) atoms. The monoisotopic (exact) mass is 269 g/mol. The Balaban J connectivity index is 1.94. The molecule has 0 saturated carbocycles. The van der Waals surface area contributed by atoms with Gasteiger partial charge in [0.25, 0.3) is 10.2 Å². The van der Waals surface area contributed by atoms with E-state index >= 15 is 0 Å². The van der Waals surface area contributed by atoms with Gasteiger partial charge in [-0.2, -0.15) is 12.7 Å². The molecule has 1 fully saturated rings. The molecular formula is C12H19N3O2S. The first-order valence-corrected chi connectivity index (χ1v) is 7.52. The van der Waals surface area contributed by atoms with E-state index < -0.39 is 10.2 Å². The van der Waals surface area contributed by atoms with Gasteiger partial charge in [0.15, 0.2) is 0 Å². The highest BCUT2D eigenvalue weighted by molar-refractivity contribution is 7.86. The lowest BCUT2D eigenvalue weighted by Crippen LogP contribution is -2.50. The quantitative estimate of drug-likeness (QED) is 0.859. The van der Waals surface area contributed by atoms with Gasteiger partial charge in [0.2, 0.25) is 0 Å². The zero-order valence-electron chi connectivity index (χ0n) is 10.5. The lowest BCUT2D eigenvalue weighted by Gasteiger charge is -2.33. The van der Waals surface area contributed by atoms with Crippen molar-refractivity contribution >= 4 is 10.2 Å². The zero-order chi connectivity index (χ0) is 13.2. The Labute approximate surface area is 108 Å². The maximum Gasteiger partial charge on any atom is 0.276 e. The predicted molar refractivity (Wildman–Crippen MR) is 71.1 cm³/mol. The second-order valence-corrected chi connectivity index (χ2v) is 6.19. The van der Waals surface area contributed by atoms with Crippen molar-refractivity contribution in [2.24, 2.45) is 5.14 Å². The summed E-state index contributed by atoms with van der Waals surface area (Å²) >= 11 is 0. The minimum absolute atomic E-state index is 0.477. The van der Waals surface area contributed by atoms with E-state index in [4.69, 9.17) is 5.14 Å². The van der Waals surface area contributed by atoms with Crippen molar-refractivity contribution in [3.63, 3.8) is 0 Å². The van der Waals surface area contributed by atoms with Gasteiger partial charge >= 0.3 is 0 Å². The van der Waals surface area contributed by atoms with Crippen LogP contribution in [0.25, 0.3) is 0 Å². The molecule has 0 aliphatic carbocycles. The molecule has 1 aromatic carbocycles. The van der Waals surface area contributed by atoms with Crippen LogP contribution in [0.15, 0.2) is 24.3 Å². The molecule has 6 heteroatoms. The molecule has 0 radical (unpaired) electrons. The second-order valence-electron chi connectivity index (χ2n) is 4.65. The average Bonchev–Trinajstić information content (AvgIpc) is 2.32. The summed E-state index contributed by atoms with van der Waals surface area (Å²) in [5.41, 5.74) is 2.56. The highest BCUT2D eigenvalue weighted by atomic mass is 32.2. The van der Waals surface area contributed by atoms with Gasteiger partial charge in [-0.25, -0.2) is 5.14 Å². The lowest BCUT2D eigenvalue weighted by atomic mass is 10.1. The van der Waals surface area contributed by atoms with Crippen molar-refractivity contribution in [3.05, 3.63) is 35.4 Å². The SMILES string of the molecule is Cc1ccccc1CN1CCN(S(N)(=O)=O)CC1. The fraction of sp³-hybridized carbons (Fsp3) is 0.500. The fourth-order valence-corrected chi connectivity index (χ4v) is 2.84. The van der Waals surface area contributed by atoms with E-state index in [0.29, 0.717) is 13.1 Å². The second kappa shape index (κ2) is 5.36. The molecule has 0 spiro atoms. The van der Waals surface area contributed by atoms with Crippen LogP contribution in [0.4, 0.5) is 0 Å². The maximum absolute atomic E-state index is 11.2. The van der Waals surface area contributed by atoms with Crippen molar-refractivity contribution in [3.8, 4) is 0 Å². The van der Waals surface area contributed by atoms with Gasteiger partial charge in [-0.1, -0.05) is 24.3 Å². The summed E-state index contributed by atoms with van der Waals surface area (Å²) in [5, 5.41) is 5.11. The van der Waals surface area contributed by atoms with Crippen LogP contribution in [0, 0.1) is 6.92 Å². The third kappa shape index (κ3) is 3.29. The first-order chi connectivity index (χ1) is 8.47. The summed E-state index contributed by atoms with van der Waals surface area (Å²) in [6.45, 7) is 5.37. The van der Waals surface area contributed by atoms with E-state index in [1.165, 1.54) is 15.4 Å². The molecule has 0 atom stereocenters. The molecular weight excluding hydrogens is 250 g/mol. The summed E-state index contributed by atoms with van der Waals surface area (Å²) in [4.78, 5) is 2.25. The van der Waals surface area contributed by atoms with Crippen molar-refractivity contribution in [2.45, 2.75) is 13.5 Å². The largest absolute Gasteiger partial charge is 0.296 e. The number of aryl methyl sites for hydroxylation is 1. The Hall–Kier alpha value is -0.950. The highest BCUT2D eigenvalue weighted by Gasteiger charge is 2.23.